The monoisotopic (exact) mass is 294 g/mol. The predicted molar refractivity (Wildman–Crippen MR) is 80.5 cm³/mol. The summed E-state index contributed by atoms with van der Waals surface area (Å²) in [5.74, 6) is 0.0717. The van der Waals surface area contributed by atoms with Crippen molar-refractivity contribution in [3.05, 3.63) is 24.3 Å². The number of esters is 1. The zero-order valence-electron chi connectivity index (χ0n) is 12.9. The van der Waals surface area contributed by atoms with E-state index in [-0.39, 0.29) is 0 Å². The molecule has 0 aromatic heterocycles. The predicted octanol–water partition coefficient (Wildman–Crippen LogP) is 2.55. The van der Waals surface area contributed by atoms with Crippen LogP contribution in [-0.4, -0.2) is 31.8 Å². The van der Waals surface area contributed by atoms with Crippen LogP contribution >= 0.6 is 0 Å². The smallest absolute Gasteiger partial charge is 0.331 e. The van der Waals surface area contributed by atoms with E-state index in [2.05, 4.69) is 10.6 Å². The standard InChI is InChI=1S/C15H22N2O4/c1-5-10-15(2,13(18)21-4)17-14(19)16-11-8-6-7-9-12(11)20-3/h6-9H,5,10H2,1-4H3,(H2,16,17,19). The van der Waals surface area contributed by atoms with Crippen molar-refractivity contribution in [3.8, 4) is 5.75 Å². The Bertz CT molecular complexity index is 504. The molecule has 2 amide bonds. The van der Waals surface area contributed by atoms with Gasteiger partial charge in [0.25, 0.3) is 0 Å². The van der Waals surface area contributed by atoms with Gasteiger partial charge in [-0.25, -0.2) is 9.59 Å². The second kappa shape index (κ2) is 7.52. The van der Waals surface area contributed by atoms with Gasteiger partial charge in [-0.15, -0.1) is 0 Å². The van der Waals surface area contributed by atoms with Gasteiger partial charge in [0.2, 0.25) is 0 Å². The van der Waals surface area contributed by atoms with E-state index in [0.29, 0.717) is 17.9 Å². The van der Waals surface area contributed by atoms with E-state index in [1.807, 2.05) is 6.92 Å². The first-order valence-electron chi connectivity index (χ1n) is 6.77. The molecular formula is C15H22N2O4. The number of ether oxygens (including phenoxy) is 2. The van der Waals surface area contributed by atoms with Gasteiger partial charge in [-0.05, 0) is 25.5 Å². The van der Waals surface area contributed by atoms with E-state index < -0.39 is 17.5 Å². The number of carbonyl (C=O) groups excluding carboxylic acids is 2. The van der Waals surface area contributed by atoms with Crippen LogP contribution in [0.2, 0.25) is 0 Å². The lowest BCUT2D eigenvalue weighted by Gasteiger charge is -2.27. The first-order chi connectivity index (χ1) is 9.96. The molecule has 1 aromatic rings. The minimum absolute atomic E-state index is 0.473. The van der Waals surface area contributed by atoms with Gasteiger partial charge in [0, 0.05) is 0 Å². The number of rotatable bonds is 6. The molecule has 0 fully saturated rings. The molecule has 0 aliphatic rings. The number of hydrogen-bond acceptors (Lipinski definition) is 4. The van der Waals surface area contributed by atoms with Crippen molar-refractivity contribution in [1.29, 1.82) is 0 Å². The molecule has 1 atom stereocenters. The van der Waals surface area contributed by atoms with Crippen LogP contribution in [-0.2, 0) is 9.53 Å². The zero-order chi connectivity index (χ0) is 15.9. The molecule has 0 aliphatic heterocycles. The van der Waals surface area contributed by atoms with Crippen molar-refractivity contribution in [2.24, 2.45) is 0 Å². The number of benzene rings is 1. The molecule has 21 heavy (non-hydrogen) atoms. The Hall–Kier alpha value is -2.24. The molecule has 6 heteroatoms. The molecular weight excluding hydrogens is 272 g/mol. The third-order valence-corrected chi connectivity index (χ3v) is 3.13. The number of para-hydroxylation sites is 2. The number of urea groups is 1. The van der Waals surface area contributed by atoms with Crippen LogP contribution < -0.4 is 15.4 Å². The van der Waals surface area contributed by atoms with Gasteiger partial charge in [0.15, 0.2) is 0 Å². The molecule has 0 spiro atoms. The molecule has 1 aromatic carbocycles. The van der Waals surface area contributed by atoms with E-state index in [1.165, 1.54) is 14.2 Å². The van der Waals surface area contributed by atoms with Gasteiger partial charge in [-0.2, -0.15) is 0 Å². The second-order valence-corrected chi connectivity index (χ2v) is 4.85. The highest BCUT2D eigenvalue weighted by molar-refractivity contribution is 5.95. The molecule has 0 aliphatic carbocycles. The topological polar surface area (TPSA) is 76.7 Å². The van der Waals surface area contributed by atoms with Gasteiger partial charge in [0.05, 0.1) is 19.9 Å². The minimum atomic E-state index is -1.06. The maximum absolute atomic E-state index is 12.1. The molecule has 6 nitrogen and oxygen atoms in total. The average Bonchev–Trinajstić information content (AvgIpc) is 2.46. The van der Waals surface area contributed by atoms with E-state index in [4.69, 9.17) is 9.47 Å². The van der Waals surface area contributed by atoms with Crippen molar-refractivity contribution >= 4 is 17.7 Å². The first kappa shape index (κ1) is 16.8. The van der Waals surface area contributed by atoms with Crippen molar-refractivity contribution in [3.63, 3.8) is 0 Å². The Morgan fingerprint density at radius 3 is 2.48 bits per heavy atom. The zero-order valence-corrected chi connectivity index (χ0v) is 12.9. The van der Waals surface area contributed by atoms with Gasteiger partial charge >= 0.3 is 12.0 Å². The minimum Gasteiger partial charge on any atom is -0.495 e. The Morgan fingerprint density at radius 2 is 1.90 bits per heavy atom. The molecule has 0 heterocycles. The van der Waals surface area contributed by atoms with Crippen molar-refractivity contribution < 1.29 is 19.1 Å². The SMILES string of the molecule is CCCC(C)(NC(=O)Nc1ccccc1OC)C(=O)OC. The summed E-state index contributed by atoms with van der Waals surface area (Å²) in [5, 5.41) is 5.34. The number of hydrogen-bond donors (Lipinski definition) is 2. The number of amides is 2. The fourth-order valence-electron chi connectivity index (χ4n) is 2.09. The van der Waals surface area contributed by atoms with E-state index >= 15 is 0 Å². The third-order valence-electron chi connectivity index (χ3n) is 3.13. The number of methoxy groups -OCH3 is 2. The number of nitrogens with one attached hydrogen (secondary N) is 2. The molecule has 0 saturated heterocycles. The molecule has 0 bridgehead atoms. The average molecular weight is 294 g/mol. The molecule has 0 radical (unpaired) electrons. The molecule has 1 rings (SSSR count). The highest BCUT2D eigenvalue weighted by Crippen LogP contribution is 2.23. The maximum Gasteiger partial charge on any atom is 0.331 e. The van der Waals surface area contributed by atoms with E-state index in [0.717, 1.165) is 6.42 Å². The van der Waals surface area contributed by atoms with E-state index in [9.17, 15) is 9.59 Å². The lowest BCUT2D eigenvalue weighted by Crippen LogP contribution is -2.54. The van der Waals surface area contributed by atoms with Crippen LogP contribution in [0.15, 0.2) is 24.3 Å². The number of carbonyl (C=O) groups is 2. The summed E-state index contributed by atoms with van der Waals surface area (Å²) < 4.78 is 9.92. The fourth-order valence-corrected chi connectivity index (χ4v) is 2.09. The third kappa shape index (κ3) is 4.37. The first-order valence-corrected chi connectivity index (χ1v) is 6.77. The van der Waals surface area contributed by atoms with Gasteiger partial charge in [0.1, 0.15) is 11.3 Å². The second-order valence-electron chi connectivity index (χ2n) is 4.85. The Labute approximate surface area is 124 Å². The van der Waals surface area contributed by atoms with Crippen LogP contribution in [0.3, 0.4) is 0 Å². The molecule has 2 N–H and O–H groups in total. The molecule has 0 saturated carbocycles. The van der Waals surface area contributed by atoms with Crippen LogP contribution in [0.25, 0.3) is 0 Å². The van der Waals surface area contributed by atoms with Crippen LogP contribution in [0.4, 0.5) is 10.5 Å². The van der Waals surface area contributed by atoms with Crippen molar-refractivity contribution in [1.82, 2.24) is 5.32 Å². The van der Waals surface area contributed by atoms with Crippen molar-refractivity contribution in [2.45, 2.75) is 32.2 Å². The number of anilines is 1. The van der Waals surface area contributed by atoms with Crippen LogP contribution in [0.1, 0.15) is 26.7 Å². The largest absolute Gasteiger partial charge is 0.495 e. The summed E-state index contributed by atoms with van der Waals surface area (Å²) in [4.78, 5) is 24.0. The Kier molecular flexibility index (Phi) is 6.02. The fraction of sp³-hybridized carbons (Fsp3) is 0.467. The van der Waals surface area contributed by atoms with Crippen LogP contribution in [0.5, 0.6) is 5.75 Å². The maximum atomic E-state index is 12.1. The normalized spacial score (nSPS) is 13.0. The van der Waals surface area contributed by atoms with E-state index in [1.54, 1.807) is 31.2 Å². The quantitative estimate of drug-likeness (QED) is 0.790. The summed E-state index contributed by atoms with van der Waals surface area (Å²) in [6.45, 7) is 3.57. The summed E-state index contributed by atoms with van der Waals surface area (Å²) >= 11 is 0. The van der Waals surface area contributed by atoms with Gasteiger partial charge in [-0.1, -0.05) is 25.5 Å². The summed E-state index contributed by atoms with van der Waals surface area (Å²) in [5.41, 5.74) is -0.531. The highest BCUT2D eigenvalue weighted by Gasteiger charge is 2.35. The summed E-state index contributed by atoms with van der Waals surface area (Å²) in [7, 11) is 2.82. The van der Waals surface area contributed by atoms with Gasteiger partial charge in [-0.3, -0.25) is 0 Å². The lowest BCUT2D eigenvalue weighted by molar-refractivity contribution is -0.147. The Balaban J connectivity index is 2.81. The van der Waals surface area contributed by atoms with Gasteiger partial charge < -0.3 is 20.1 Å². The highest BCUT2D eigenvalue weighted by atomic mass is 16.5. The van der Waals surface area contributed by atoms with Crippen molar-refractivity contribution in [2.75, 3.05) is 19.5 Å². The molecule has 116 valence electrons. The van der Waals surface area contributed by atoms with Crippen LogP contribution in [0, 0.1) is 0 Å². The lowest BCUT2D eigenvalue weighted by atomic mass is 9.96. The Morgan fingerprint density at radius 1 is 1.24 bits per heavy atom. The molecule has 1 unspecified atom stereocenters. The summed E-state index contributed by atoms with van der Waals surface area (Å²) in [6, 6.07) is 6.55. The summed E-state index contributed by atoms with van der Waals surface area (Å²) in [6.07, 6.45) is 1.22.